The van der Waals surface area contributed by atoms with Crippen LogP contribution in [0.2, 0.25) is 0 Å². The second-order valence-electron chi connectivity index (χ2n) is 18.8. The molecule has 0 N–H and O–H groups in total. The Hall–Kier alpha value is -8.20. The minimum atomic E-state index is -0.160. The minimum Gasteiger partial charge on any atom is -0.333 e. The molecule has 318 valence electrons. The summed E-state index contributed by atoms with van der Waals surface area (Å²) in [5.74, 6) is 0.287. The van der Waals surface area contributed by atoms with Gasteiger partial charge in [0.05, 0.1) is 22.8 Å². The molecule has 0 radical (unpaired) electrons. The fraction of sp³-hybridized carbons (Fsp3) is 0.0769. The van der Waals surface area contributed by atoms with Gasteiger partial charge in [-0.2, -0.15) is 0 Å². The molecule has 2 aliphatic rings. The third kappa shape index (κ3) is 6.10. The number of nitrogens with zero attached hydrogens (tertiary/aromatic N) is 2. The summed E-state index contributed by atoms with van der Waals surface area (Å²) >= 11 is 0. The zero-order valence-electron chi connectivity index (χ0n) is 37.6. The van der Waals surface area contributed by atoms with Crippen molar-refractivity contribution in [3.05, 3.63) is 259 Å². The van der Waals surface area contributed by atoms with Crippen LogP contribution in [0.5, 0.6) is 0 Å². The van der Waals surface area contributed by atoms with Gasteiger partial charge in [-0.1, -0.05) is 208 Å². The summed E-state index contributed by atoms with van der Waals surface area (Å²) in [5, 5.41) is 2.46. The highest BCUT2D eigenvalue weighted by Gasteiger charge is 2.55. The Balaban J connectivity index is 1.04. The first-order valence-corrected chi connectivity index (χ1v) is 23.6. The summed E-state index contributed by atoms with van der Waals surface area (Å²) in [5.41, 5.74) is 22.5. The van der Waals surface area contributed by atoms with Gasteiger partial charge in [-0.15, -0.1) is 0 Å². The van der Waals surface area contributed by atoms with E-state index in [4.69, 9.17) is 0 Å². The minimum absolute atomic E-state index is 0.160. The SMILES string of the molecule is CC1(C)c2c(-c3ccccc3-n3c4ccc(-c5ccccc5-c5ccccc5)cc4c4cc(-c5ccccc5-c5ccccc5)ccc43)cccc2C2C1c1ccccc1N2c1ccccc1. The highest BCUT2D eigenvalue weighted by Crippen LogP contribution is 2.66. The molecule has 0 saturated carbocycles. The lowest BCUT2D eigenvalue weighted by molar-refractivity contribution is 0.421. The van der Waals surface area contributed by atoms with Gasteiger partial charge >= 0.3 is 0 Å². The molecule has 2 atom stereocenters. The van der Waals surface area contributed by atoms with E-state index in [2.05, 4.69) is 266 Å². The van der Waals surface area contributed by atoms with Gasteiger partial charge in [-0.05, 0) is 121 Å². The summed E-state index contributed by atoms with van der Waals surface area (Å²) in [7, 11) is 0. The van der Waals surface area contributed by atoms with Crippen LogP contribution in [-0.4, -0.2) is 4.57 Å². The third-order valence-corrected chi connectivity index (χ3v) is 14.8. The molecule has 1 aliphatic heterocycles. The Kier molecular flexibility index (Phi) is 9.05. The van der Waals surface area contributed by atoms with Crippen molar-refractivity contribution in [1.29, 1.82) is 0 Å². The number of para-hydroxylation sites is 3. The molecule has 2 nitrogen and oxygen atoms in total. The molecular weight excluding hydrogens is 809 g/mol. The third-order valence-electron chi connectivity index (χ3n) is 14.8. The molecule has 13 rings (SSSR count). The molecule has 2 unspecified atom stereocenters. The molecule has 2 heteroatoms. The molecule has 0 bridgehead atoms. The molecule has 10 aromatic carbocycles. The largest absolute Gasteiger partial charge is 0.333 e. The first-order chi connectivity index (χ1) is 33.0. The van der Waals surface area contributed by atoms with Crippen molar-refractivity contribution >= 4 is 33.2 Å². The van der Waals surface area contributed by atoms with E-state index in [-0.39, 0.29) is 17.4 Å². The van der Waals surface area contributed by atoms with Gasteiger partial charge in [0, 0.05) is 33.6 Å². The van der Waals surface area contributed by atoms with E-state index in [1.807, 2.05) is 0 Å². The molecule has 67 heavy (non-hydrogen) atoms. The highest BCUT2D eigenvalue weighted by atomic mass is 15.2. The Labute approximate surface area is 392 Å². The van der Waals surface area contributed by atoms with Gasteiger partial charge in [-0.25, -0.2) is 0 Å². The molecule has 2 heterocycles. The average molecular weight is 857 g/mol. The molecule has 0 saturated heterocycles. The summed E-state index contributed by atoms with van der Waals surface area (Å²) < 4.78 is 2.54. The number of hydrogen-bond donors (Lipinski definition) is 0. The predicted octanol–water partition coefficient (Wildman–Crippen LogP) is 17.4. The Morgan fingerprint density at radius 1 is 0.343 bits per heavy atom. The fourth-order valence-electron chi connectivity index (χ4n) is 12.1. The molecule has 0 spiro atoms. The Morgan fingerprint density at radius 3 is 1.34 bits per heavy atom. The van der Waals surface area contributed by atoms with Crippen LogP contribution >= 0.6 is 0 Å². The molecule has 1 aromatic heterocycles. The summed E-state index contributed by atoms with van der Waals surface area (Å²) in [6, 6.07) is 89.9. The van der Waals surface area contributed by atoms with Crippen LogP contribution in [0.15, 0.2) is 243 Å². The van der Waals surface area contributed by atoms with Crippen LogP contribution in [0.25, 0.3) is 83.1 Å². The maximum atomic E-state index is 2.61. The van der Waals surface area contributed by atoms with Gasteiger partial charge in [-0.3, -0.25) is 0 Å². The van der Waals surface area contributed by atoms with E-state index in [1.54, 1.807) is 0 Å². The van der Waals surface area contributed by atoms with E-state index in [1.165, 1.54) is 111 Å². The van der Waals surface area contributed by atoms with Crippen LogP contribution in [0.4, 0.5) is 11.4 Å². The van der Waals surface area contributed by atoms with Gasteiger partial charge in [0.15, 0.2) is 0 Å². The van der Waals surface area contributed by atoms with Crippen LogP contribution in [-0.2, 0) is 5.41 Å². The maximum Gasteiger partial charge on any atom is 0.0672 e. The average Bonchev–Trinajstić information content (AvgIpc) is 4.00. The topological polar surface area (TPSA) is 8.17 Å². The summed E-state index contributed by atoms with van der Waals surface area (Å²) in [6.07, 6.45) is 0. The number of aromatic nitrogens is 1. The van der Waals surface area contributed by atoms with Crippen molar-refractivity contribution in [2.24, 2.45) is 0 Å². The quantitative estimate of drug-likeness (QED) is 0.155. The van der Waals surface area contributed by atoms with Gasteiger partial charge in [0.2, 0.25) is 0 Å². The van der Waals surface area contributed by atoms with Crippen molar-refractivity contribution in [2.45, 2.75) is 31.2 Å². The van der Waals surface area contributed by atoms with Crippen molar-refractivity contribution in [2.75, 3.05) is 4.90 Å². The van der Waals surface area contributed by atoms with Crippen LogP contribution in [0.1, 0.15) is 42.5 Å². The van der Waals surface area contributed by atoms with Crippen LogP contribution in [0.3, 0.4) is 0 Å². The Morgan fingerprint density at radius 2 is 0.776 bits per heavy atom. The van der Waals surface area contributed by atoms with Crippen LogP contribution in [0, 0.1) is 0 Å². The van der Waals surface area contributed by atoms with Crippen molar-refractivity contribution in [1.82, 2.24) is 4.57 Å². The van der Waals surface area contributed by atoms with Gasteiger partial charge in [0.25, 0.3) is 0 Å². The maximum absolute atomic E-state index is 2.61. The molecule has 1 aliphatic carbocycles. The summed E-state index contributed by atoms with van der Waals surface area (Å²) in [4.78, 5) is 2.61. The van der Waals surface area contributed by atoms with Gasteiger partial charge < -0.3 is 9.47 Å². The normalized spacial score (nSPS) is 15.7. The lowest BCUT2D eigenvalue weighted by atomic mass is 9.73. The van der Waals surface area contributed by atoms with Crippen molar-refractivity contribution in [3.63, 3.8) is 0 Å². The monoisotopic (exact) mass is 856 g/mol. The van der Waals surface area contributed by atoms with E-state index < -0.39 is 0 Å². The zero-order valence-corrected chi connectivity index (χ0v) is 37.6. The number of benzene rings is 10. The van der Waals surface area contributed by atoms with E-state index in [9.17, 15) is 0 Å². The predicted molar refractivity (Wildman–Crippen MR) is 281 cm³/mol. The highest BCUT2D eigenvalue weighted by molar-refractivity contribution is 6.13. The zero-order chi connectivity index (χ0) is 44.6. The van der Waals surface area contributed by atoms with E-state index in [0.29, 0.717) is 0 Å². The fourth-order valence-corrected chi connectivity index (χ4v) is 12.1. The lowest BCUT2D eigenvalue weighted by Gasteiger charge is -2.30. The van der Waals surface area contributed by atoms with Gasteiger partial charge in [0.1, 0.15) is 0 Å². The second kappa shape index (κ2) is 15.5. The smallest absolute Gasteiger partial charge is 0.0672 e. The number of hydrogen-bond acceptors (Lipinski definition) is 1. The van der Waals surface area contributed by atoms with Crippen molar-refractivity contribution in [3.8, 4) is 61.3 Å². The molecular formula is C65H48N2. The van der Waals surface area contributed by atoms with Crippen molar-refractivity contribution < 1.29 is 0 Å². The van der Waals surface area contributed by atoms with E-state index in [0.717, 1.165) is 0 Å². The standard InChI is InChI=1S/C65H48N2/c1-65(2)62-53(33-20-34-55(62)64-63(65)54-32-17-19-36-59(54)66(64)47-25-10-5-11-26-47)52-31-16-18-35-58(52)67-60-39-37-45(50-29-14-12-27-48(50)43-21-6-3-7-22-43)41-56(60)57-42-46(38-40-61(57)67)51-30-15-13-28-49(51)44-23-8-4-9-24-44/h3-42,63-64H,1-2H3. The lowest BCUT2D eigenvalue weighted by Crippen LogP contribution is -2.25. The second-order valence-corrected chi connectivity index (χ2v) is 18.8. The summed E-state index contributed by atoms with van der Waals surface area (Å²) in [6.45, 7) is 4.97. The molecule has 0 fully saturated rings. The first kappa shape index (κ1) is 39.2. The first-order valence-electron chi connectivity index (χ1n) is 23.6. The number of fused-ring (bicyclic) bond motifs is 8. The number of rotatable bonds is 7. The molecule has 11 aromatic rings. The van der Waals surface area contributed by atoms with Crippen LogP contribution < -0.4 is 4.90 Å². The molecule has 0 amide bonds. The Bertz CT molecular complexity index is 3530. The number of anilines is 2. The van der Waals surface area contributed by atoms with E-state index >= 15 is 0 Å².